The second-order valence-electron chi connectivity index (χ2n) is 6.44. The van der Waals surface area contributed by atoms with Crippen LogP contribution in [0.15, 0.2) is 35.3 Å². The molecule has 1 unspecified atom stereocenters. The topological polar surface area (TPSA) is 71.7 Å². The fraction of sp³-hybridized carbons (Fsp3) is 0.650. The van der Waals surface area contributed by atoms with Gasteiger partial charge in [0.15, 0.2) is 5.96 Å². The Morgan fingerprint density at radius 2 is 1.85 bits per heavy atom. The maximum absolute atomic E-state index is 6.02. The quantitative estimate of drug-likeness (QED) is 0.186. The number of rotatable bonds is 12. The molecule has 0 bridgehead atoms. The van der Waals surface area contributed by atoms with Gasteiger partial charge in [-0.1, -0.05) is 44.2 Å². The zero-order valence-corrected chi connectivity index (χ0v) is 19.1. The molecule has 4 N–H and O–H groups in total. The molecule has 0 fully saturated rings. The van der Waals surface area contributed by atoms with Crippen molar-refractivity contribution in [1.82, 2.24) is 10.6 Å². The molecule has 0 aliphatic heterocycles. The Hall–Kier alpha value is -0.860. The van der Waals surface area contributed by atoms with E-state index in [1.807, 2.05) is 13.0 Å². The highest BCUT2D eigenvalue weighted by atomic mass is 127. The van der Waals surface area contributed by atoms with Crippen molar-refractivity contribution in [2.24, 2.45) is 10.7 Å². The van der Waals surface area contributed by atoms with E-state index in [0.717, 1.165) is 39.0 Å². The molecule has 1 rings (SSSR count). The molecule has 0 spiro atoms. The van der Waals surface area contributed by atoms with Crippen LogP contribution in [0.25, 0.3) is 0 Å². The van der Waals surface area contributed by atoms with Crippen molar-refractivity contribution in [3.8, 4) is 0 Å². The summed E-state index contributed by atoms with van der Waals surface area (Å²) in [4.78, 5) is 4.58. The van der Waals surface area contributed by atoms with Crippen LogP contribution in [0.5, 0.6) is 0 Å². The predicted molar refractivity (Wildman–Crippen MR) is 122 cm³/mol. The Labute approximate surface area is 176 Å². The van der Waals surface area contributed by atoms with E-state index in [0.29, 0.717) is 12.5 Å². The molecule has 0 aliphatic carbocycles. The number of benzene rings is 1. The average molecular weight is 476 g/mol. The molecule has 5 nitrogen and oxygen atoms in total. The van der Waals surface area contributed by atoms with Crippen LogP contribution < -0.4 is 16.4 Å². The summed E-state index contributed by atoms with van der Waals surface area (Å²) >= 11 is 0. The van der Waals surface area contributed by atoms with E-state index in [1.54, 1.807) is 0 Å². The van der Waals surface area contributed by atoms with Crippen LogP contribution in [0.4, 0.5) is 0 Å². The summed E-state index contributed by atoms with van der Waals surface area (Å²) in [6.07, 6.45) is 2.93. The van der Waals surface area contributed by atoms with Gasteiger partial charge in [-0.15, -0.1) is 24.0 Å². The van der Waals surface area contributed by atoms with E-state index in [9.17, 15) is 0 Å². The largest absolute Gasteiger partial charge is 0.382 e. The lowest BCUT2D eigenvalue weighted by atomic mass is 9.91. The summed E-state index contributed by atoms with van der Waals surface area (Å²) in [6.45, 7) is 11.6. The molecule has 1 aromatic carbocycles. The second-order valence-corrected chi connectivity index (χ2v) is 6.44. The number of halogens is 1. The number of nitrogens with one attached hydrogen (secondary N) is 2. The average Bonchev–Trinajstić information content (AvgIpc) is 2.65. The Morgan fingerprint density at radius 3 is 2.42 bits per heavy atom. The molecule has 1 atom stereocenters. The highest BCUT2D eigenvalue weighted by Crippen LogP contribution is 2.22. The predicted octanol–water partition coefficient (Wildman–Crippen LogP) is 3.84. The first-order valence-corrected chi connectivity index (χ1v) is 9.51. The normalized spacial score (nSPS) is 13.2. The van der Waals surface area contributed by atoms with Crippen LogP contribution in [0, 0.1) is 0 Å². The van der Waals surface area contributed by atoms with E-state index in [2.05, 4.69) is 60.7 Å². The van der Waals surface area contributed by atoms with Gasteiger partial charge in [0, 0.05) is 31.3 Å². The molecular formula is C20H37IN4O. The molecule has 0 amide bonds. The lowest BCUT2D eigenvalue weighted by Gasteiger charge is -2.35. The monoisotopic (exact) mass is 476 g/mol. The first kappa shape index (κ1) is 25.1. The smallest absolute Gasteiger partial charge is 0.188 e. The van der Waals surface area contributed by atoms with Crippen LogP contribution in [0.1, 0.15) is 58.6 Å². The molecule has 1 aromatic rings. The van der Waals surface area contributed by atoms with Gasteiger partial charge in [0.1, 0.15) is 0 Å². The Kier molecular flexibility index (Phi) is 13.8. The fourth-order valence-electron chi connectivity index (χ4n) is 2.84. The van der Waals surface area contributed by atoms with Crippen molar-refractivity contribution in [3.63, 3.8) is 0 Å². The van der Waals surface area contributed by atoms with Crippen LogP contribution in [-0.2, 0) is 4.74 Å². The summed E-state index contributed by atoms with van der Waals surface area (Å²) in [5, 5.41) is 6.94. The van der Waals surface area contributed by atoms with Gasteiger partial charge in [-0.3, -0.25) is 4.99 Å². The minimum atomic E-state index is -0.0487. The highest BCUT2D eigenvalue weighted by Gasteiger charge is 2.27. The van der Waals surface area contributed by atoms with Crippen LogP contribution >= 0.6 is 24.0 Å². The van der Waals surface area contributed by atoms with Crippen molar-refractivity contribution in [2.75, 3.05) is 26.3 Å². The molecule has 0 aliphatic rings. The van der Waals surface area contributed by atoms with E-state index in [1.165, 1.54) is 5.56 Å². The number of hydrogen-bond acceptors (Lipinski definition) is 3. The lowest BCUT2D eigenvalue weighted by molar-refractivity contribution is 0.145. The number of hydrogen-bond donors (Lipinski definition) is 3. The number of guanidine groups is 1. The van der Waals surface area contributed by atoms with Crippen molar-refractivity contribution < 1.29 is 4.74 Å². The van der Waals surface area contributed by atoms with Gasteiger partial charge in [0.25, 0.3) is 0 Å². The Balaban J connectivity index is 0.00000625. The molecular weight excluding hydrogens is 439 g/mol. The molecule has 26 heavy (non-hydrogen) atoms. The summed E-state index contributed by atoms with van der Waals surface area (Å²) in [6, 6.07) is 10.8. The van der Waals surface area contributed by atoms with Gasteiger partial charge in [-0.05, 0) is 38.7 Å². The maximum Gasteiger partial charge on any atom is 0.188 e. The van der Waals surface area contributed by atoms with Gasteiger partial charge in [0.2, 0.25) is 0 Å². The van der Waals surface area contributed by atoms with Gasteiger partial charge in [-0.2, -0.15) is 0 Å². The third kappa shape index (κ3) is 9.19. The maximum atomic E-state index is 6.02. The van der Waals surface area contributed by atoms with Crippen molar-refractivity contribution in [1.29, 1.82) is 0 Å². The first-order chi connectivity index (χ1) is 12.1. The van der Waals surface area contributed by atoms with Gasteiger partial charge < -0.3 is 21.1 Å². The van der Waals surface area contributed by atoms with Crippen molar-refractivity contribution in [2.45, 2.75) is 58.5 Å². The zero-order valence-electron chi connectivity index (χ0n) is 16.8. The third-order valence-electron chi connectivity index (χ3n) is 4.70. The standard InChI is InChI=1S/C20H36N4O.HI/c1-5-20(6-2,24-17(4)18-12-9-8-10-13-18)16-23-19(21)22-14-11-15-25-7-3;/h8-10,12-13,17,24H,5-7,11,14-16H2,1-4H3,(H3,21,22,23);1H. The SMILES string of the molecule is CCOCCCNC(N)=NCC(CC)(CC)NC(C)c1ccccc1.I. The minimum Gasteiger partial charge on any atom is -0.382 e. The molecule has 0 saturated heterocycles. The molecule has 6 heteroatoms. The first-order valence-electron chi connectivity index (χ1n) is 9.51. The van der Waals surface area contributed by atoms with Crippen molar-refractivity contribution >= 4 is 29.9 Å². The highest BCUT2D eigenvalue weighted by molar-refractivity contribution is 14.0. The fourth-order valence-corrected chi connectivity index (χ4v) is 2.84. The van der Waals surface area contributed by atoms with Gasteiger partial charge in [0.05, 0.1) is 6.54 Å². The molecule has 150 valence electrons. The van der Waals surface area contributed by atoms with Crippen LogP contribution in [0.2, 0.25) is 0 Å². The number of aliphatic imine (C=N–C) groups is 1. The van der Waals surface area contributed by atoms with Crippen LogP contribution in [-0.4, -0.2) is 37.8 Å². The Bertz CT molecular complexity index is 492. The molecule has 0 heterocycles. The molecule has 0 aromatic heterocycles. The zero-order chi connectivity index (χ0) is 18.5. The van der Waals surface area contributed by atoms with E-state index >= 15 is 0 Å². The van der Waals surface area contributed by atoms with E-state index < -0.39 is 0 Å². The summed E-state index contributed by atoms with van der Waals surface area (Å²) in [5.41, 5.74) is 7.26. The third-order valence-corrected chi connectivity index (χ3v) is 4.70. The van der Waals surface area contributed by atoms with E-state index in [4.69, 9.17) is 10.5 Å². The van der Waals surface area contributed by atoms with E-state index in [-0.39, 0.29) is 35.6 Å². The Morgan fingerprint density at radius 1 is 1.19 bits per heavy atom. The number of nitrogens with zero attached hydrogens (tertiary/aromatic N) is 1. The van der Waals surface area contributed by atoms with Gasteiger partial charge in [-0.25, -0.2) is 0 Å². The lowest BCUT2D eigenvalue weighted by Crippen LogP contribution is -2.49. The van der Waals surface area contributed by atoms with Crippen LogP contribution in [0.3, 0.4) is 0 Å². The van der Waals surface area contributed by atoms with Crippen molar-refractivity contribution in [3.05, 3.63) is 35.9 Å². The summed E-state index contributed by atoms with van der Waals surface area (Å²) in [5.74, 6) is 0.511. The summed E-state index contributed by atoms with van der Waals surface area (Å²) in [7, 11) is 0. The second kappa shape index (κ2) is 14.2. The number of ether oxygens (including phenoxy) is 1. The summed E-state index contributed by atoms with van der Waals surface area (Å²) < 4.78 is 5.32. The molecule has 0 radical (unpaired) electrons. The number of nitrogens with two attached hydrogens (primary N) is 1. The minimum absolute atomic E-state index is 0. The molecule has 0 saturated carbocycles. The van der Waals surface area contributed by atoms with Gasteiger partial charge >= 0.3 is 0 Å².